The normalized spacial score (nSPS) is 12.4. The van der Waals surface area contributed by atoms with Crippen LogP contribution in [0.15, 0.2) is 89.3 Å². The summed E-state index contributed by atoms with van der Waals surface area (Å²) in [5.74, 6) is 0. The molecule has 0 unspecified atom stereocenters. The highest BCUT2D eigenvalue weighted by molar-refractivity contribution is 6.19. The van der Waals surface area contributed by atoms with Crippen LogP contribution in [0.2, 0.25) is 0 Å². The Kier molecular flexibility index (Phi) is 3.76. The van der Waals surface area contributed by atoms with Gasteiger partial charge in [-0.25, -0.2) is 4.98 Å². The van der Waals surface area contributed by atoms with Crippen LogP contribution in [0.5, 0.6) is 0 Å². The van der Waals surface area contributed by atoms with Crippen molar-refractivity contribution in [3.63, 3.8) is 0 Å². The highest BCUT2D eigenvalue weighted by Gasteiger charge is 2.21. The number of para-hydroxylation sites is 2. The first-order valence-electron chi connectivity index (χ1n) is 10.7. The standard InChI is InChI=1S/C29H23NO/c1-29(2,3)23-17-19(16-18-10-4-5-11-20(18)23)27-26-22-13-7-9-15-25(22)31-28(26)21-12-6-8-14-24(21)30-27/h4-17H,1-3H3. The third kappa shape index (κ3) is 2.75. The zero-order chi connectivity index (χ0) is 21.2. The SMILES string of the molecule is CC(C)(C)c1cc(-c2nc3ccccc3c3oc4ccccc4c23)cc2ccccc12. The summed E-state index contributed by atoms with van der Waals surface area (Å²) in [7, 11) is 0. The van der Waals surface area contributed by atoms with Crippen LogP contribution in [0.3, 0.4) is 0 Å². The minimum atomic E-state index is 0.0179. The fourth-order valence-corrected chi connectivity index (χ4v) is 4.69. The summed E-state index contributed by atoms with van der Waals surface area (Å²) in [5.41, 5.74) is 6.22. The fourth-order valence-electron chi connectivity index (χ4n) is 4.69. The van der Waals surface area contributed by atoms with Crippen LogP contribution in [0.1, 0.15) is 26.3 Å². The largest absolute Gasteiger partial charge is 0.455 e. The van der Waals surface area contributed by atoms with Crippen molar-refractivity contribution in [3.8, 4) is 11.3 Å². The maximum absolute atomic E-state index is 6.37. The molecule has 150 valence electrons. The smallest absolute Gasteiger partial charge is 0.147 e. The number of aromatic nitrogens is 1. The first-order chi connectivity index (χ1) is 15.0. The van der Waals surface area contributed by atoms with E-state index in [4.69, 9.17) is 9.40 Å². The van der Waals surface area contributed by atoms with Gasteiger partial charge < -0.3 is 4.42 Å². The zero-order valence-corrected chi connectivity index (χ0v) is 17.9. The predicted molar refractivity (Wildman–Crippen MR) is 131 cm³/mol. The van der Waals surface area contributed by atoms with E-state index in [9.17, 15) is 0 Å². The molecule has 2 aromatic heterocycles. The van der Waals surface area contributed by atoms with Crippen molar-refractivity contribution in [3.05, 3.63) is 90.5 Å². The first-order valence-corrected chi connectivity index (χ1v) is 10.7. The van der Waals surface area contributed by atoms with Gasteiger partial charge >= 0.3 is 0 Å². The Morgan fingerprint density at radius 2 is 1.39 bits per heavy atom. The summed E-state index contributed by atoms with van der Waals surface area (Å²) in [5, 5.41) is 5.78. The highest BCUT2D eigenvalue weighted by atomic mass is 16.3. The number of hydrogen-bond acceptors (Lipinski definition) is 2. The van der Waals surface area contributed by atoms with Crippen LogP contribution in [-0.2, 0) is 5.41 Å². The van der Waals surface area contributed by atoms with Gasteiger partial charge in [-0.15, -0.1) is 0 Å². The molecule has 0 radical (unpaired) electrons. The Balaban J connectivity index is 1.80. The van der Waals surface area contributed by atoms with Crippen molar-refractivity contribution in [1.82, 2.24) is 4.98 Å². The molecule has 0 atom stereocenters. The van der Waals surface area contributed by atoms with E-state index < -0.39 is 0 Å². The summed E-state index contributed by atoms with van der Waals surface area (Å²) in [6.07, 6.45) is 0. The molecule has 0 aliphatic heterocycles. The number of fused-ring (bicyclic) bond motifs is 6. The van der Waals surface area contributed by atoms with Gasteiger partial charge in [-0.05, 0) is 52.1 Å². The van der Waals surface area contributed by atoms with Crippen LogP contribution in [-0.4, -0.2) is 4.98 Å². The zero-order valence-electron chi connectivity index (χ0n) is 17.9. The van der Waals surface area contributed by atoms with E-state index in [1.54, 1.807) is 0 Å². The Bertz CT molecular complexity index is 1620. The van der Waals surface area contributed by atoms with Crippen molar-refractivity contribution in [2.24, 2.45) is 0 Å². The van der Waals surface area contributed by atoms with Crippen molar-refractivity contribution in [2.75, 3.05) is 0 Å². The Labute approximate surface area is 181 Å². The number of rotatable bonds is 1. The van der Waals surface area contributed by atoms with E-state index in [2.05, 4.69) is 81.4 Å². The Morgan fingerprint density at radius 1 is 0.710 bits per heavy atom. The highest BCUT2D eigenvalue weighted by Crippen LogP contribution is 2.41. The Hall–Kier alpha value is -3.65. The van der Waals surface area contributed by atoms with Gasteiger partial charge in [-0.3, -0.25) is 0 Å². The maximum Gasteiger partial charge on any atom is 0.147 e. The molecular formula is C29H23NO. The van der Waals surface area contributed by atoms with Crippen LogP contribution >= 0.6 is 0 Å². The van der Waals surface area contributed by atoms with Crippen LogP contribution in [0, 0.1) is 0 Å². The van der Waals surface area contributed by atoms with Gasteiger partial charge in [0.1, 0.15) is 11.2 Å². The molecule has 2 nitrogen and oxygen atoms in total. The van der Waals surface area contributed by atoms with Gasteiger partial charge in [0, 0.05) is 16.3 Å². The summed E-state index contributed by atoms with van der Waals surface area (Å²) in [6.45, 7) is 6.82. The quantitative estimate of drug-likeness (QED) is 0.277. The van der Waals surface area contributed by atoms with Crippen molar-refractivity contribution >= 4 is 43.6 Å². The molecule has 0 fully saturated rings. The van der Waals surface area contributed by atoms with Gasteiger partial charge in [-0.1, -0.05) is 75.4 Å². The van der Waals surface area contributed by atoms with Crippen molar-refractivity contribution < 1.29 is 4.42 Å². The van der Waals surface area contributed by atoms with Gasteiger partial charge in [0.2, 0.25) is 0 Å². The summed E-state index contributed by atoms with van der Waals surface area (Å²) < 4.78 is 6.37. The number of pyridine rings is 1. The lowest BCUT2D eigenvalue weighted by molar-refractivity contribution is 0.596. The van der Waals surface area contributed by atoms with Gasteiger partial charge in [-0.2, -0.15) is 0 Å². The van der Waals surface area contributed by atoms with E-state index in [-0.39, 0.29) is 5.41 Å². The molecule has 0 aliphatic carbocycles. The second-order valence-electron chi connectivity index (χ2n) is 9.27. The molecule has 6 aromatic rings. The summed E-state index contributed by atoms with van der Waals surface area (Å²) >= 11 is 0. The average molecular weight is 402 g/mol. The lowest BCUT2D eigenvalue weighted by Crippen LogP contribution is -2.12. The molecule has 2 heteroatoms. The predicted octanol–water partition coefficient (Wildman–Crippen LogP) is 8.25. The monoisotopic (exact) mass is 401 g/mol. The number of nitrogens with zero attached hydrogens (tertiary/aromatic N) is 1. The topological polar surface area (TPSA) is 26.0 Å². The first kappa shape index (κ1) is 18.1. The number of benzene rings is 4. The molecular weight excluding hydrogens is 378 g/mol. The molecule has 2 heterocycles. The minimum absolute atomic E-state index is 0.0179. The molecule has 0 amide bonds. The van der Waals surface area contributed by atoms with Crippen molar-refractivity contribution in [2.45, 2.75) is 26.2 Å². The molecule has 4 aromatic carbocycles. The lowest BCUT2D eigenvalue weighted by Gasteiger charge is -2.23. The van der Waals surface area contributed by atoms with Crippen LogP contribution in [0.4, 0.5) is 0 Å². The van der Waals surface area contributed by atoms with E-state index in [0.717, 1.165) is 44.1 Å². The van der Waals surface area contributed by atoms with E-state index in [1.165, 1.54) is 16.3 Å². The minimum Gasteiger partial charge on any atom is -0.455 e. The van der Waals surface area contributed by atoms with Gasteiger partial charge in [0.05, 0.1) is 16.6 Å². The molecule has 31 heavy (non-hydrogen) atoms. The third-order valence-electron chi connectivity index (χ3n) is 6.16. The number of furan rings is 1. The molecule has 0 N–H and O–H groups in total. The van der Waals surface area contributed by atoms with E-state index >= 15 is 0 Å². The Morgan fingerprint density at radius 3 is 2.19 bits per heavy atom. The fraction of sp³-hybridized carbons (Fsp3) is 0.138. The second-order valence-corrected chi connectivity index (χ2v) is 9.27. The van der Waals surface area contributed by atoms with Gasteiger partial charge in [0.25, 0.3) is 0 Å². The van der Waals surface area contributed by atoms with E-state index in [1.807, 2.05) is 24.3 Å². The molecule has 0 aliphatic rings. The molecule has 0 saturated heterocycles. The van der Waals surface area contributed by atoms with Crippen LogP contribution < -0.4 is 0 Å². The second kappa shape index (κ2) is 6.42. The molecule has 0 spiro atoms. The average Bonchev–Trinajstić information content (AvgIpc) is 3.17. The van der Waals surface area contributed by atoms with Crippen molar-refractivity contribution in [1.29, 1.82) is 0 Å². The van der Waals surface area contributed by atoms with Crippen LogP contribution in [0.25, 0.3) is 54.9 Å². The molecule has 0 saturated carbocycles. The molecule has 0 bridgehead atoms. The summed E-state index contributed by atoms with van der Waals surface area (Å²) in [4.78, 5) is 5.17. The third-order valence-corrected chi connectivity index (χ3v) is 6.16. The maximum atomic E-state index is 6.37. The van der Waals surface area contributed by atoms with Gasteiger partial charge in [0.15, 0.2) is 0 Å². The summed E-state index contributed by atoms with van der Waals surface area (Å²) in [6, 6.07) is 29.7. The van der Waals surface area contributed by atoms with E-state index in [0.29, 0.717) is 0 Å². The number of hydrogen-bond donors (Lipinski definition) is 0. The molecule has 6 rings (SSSR count). The lowest BCUT2D eigenvalue weighted by atomic mass is 9.82.